The van der Waals surface area contributed by atoms with Crippen LogP contribution in [0.2, 0.25) is 5.02 Å². The highest BCUT2D eigenvalue weighted by atomic mass is 35.5. The molecule has 1 amide bonds. The summed E-state index contributed by atoms with van der Waals surface area (Å²) in [5, 5.41) is 0.203. The summed E-state index contributed by atoms with van der Waals surface area (Å²) in [4.78, 5) is 14.1. The van der Waals surface area contributed by atoms with Gasteiger partial charge < -0.3 is 9.64 Å². The van der Waals surface area contributed by atoms with Crippen molar-refractivity contribution in [2.45, 2.75) is 50.3 Å². The zero-order valence-electron chi connectivity index (χ0n) is 15.9. The van der Waals surface area contributed by atoms with E-state index in [0.717, 1.165) is 12.8 Å². The zero-order chi connectivity index (χ0) is 19.7. The third kappa shape index (κ3) is 4.58. The van der Waals surface area contributed by atoms with E-state index >= 15 is 0 Å². The quantitative estimate of drug-likeness (QED) is 0.742. The summed E-state index contributed by atoms with van der Waals surface area (Å²) in [6.07, 6.45) is 2.75. The van der Waals surface area contributed by atoms with Crippen molar-refractivity contribution in [3.8, 4) is 5.75 Å². The van der Waals surface area contributed by atoms with E-state index in [1.54, 1.807) is 33.5 Å². The number of benzene rings is 1. The lowest BCUT2D eigenvalue weighted by Crippen LogP contribution is -2.51. The molecule has 1 aromatic rings. The number of hydrogen-bond donors (Lipinski definition) is 0. The molecule has 27 heavy (non-hydrogen) atoms. The molecule has 1 aromatic carbocycles. The van der Waals surface area contributed by atoms with E-state index in [0.29, 0.717) is 43.2 Å². The van der Waals surface area contributed by atoms with Crippen LogP contribution in [0.15, 0.2) is 24.3 Å². The number of amides is 1. The third-order valence-electron chi connectivity index (χ3n) is 5.52. The van der Waals surface area contributed by atoms with Gasteiger partial charge in [-0.2, -0.15) is 4.31 Å². The van der Waals surface area contributed by atoms with Gasteiger partial charge in [-0.3, -0.25) is 4.79 Å². The van der Waals surface area contributed by atoms with Crippen molar-refractivity contribution >= 4 is 27.5 Å². The molecular formula is C19H27ClN2O4S. The van der Waals surface area contributed by atoms with Crippen LogP contribution >= 0.6 is 11.6 Å². The number of halogens is 1. The van der Waals surface area contributed by atoms with Crippen molar-refractivity contribution < 1.29 is 17.9 Å². The second-order valence-electron chi connectivity index (χ2n) is 7.86. The number of piperidine rings is 1. The van der Waals surface area contributed by atoms with Gasteiger partial charge in [-0.1, -0.05) is 11.6 Å². The Kier molecular flexibility index (Phi) is 6.03. The molecule has 2 fully saturated rings. The van der Waals surface area contributed by atoms with Gasteiger partial charge in [0.05, 0.1) is 5.25 Å². The fourth-order valence-electron chi connectivity index (χ4n) is 3.90. The van der Waals surface area contributed by atoms with E-state index < -0.39 is 15.3 Å². The van der Waals surface area contributed by atoms with E-state index in [1.807, 2.05) is 13.8 Å². The molecule has 0 atom stereocenters. The fraction of sp³-hybridized carbons (Fsp3) is 0.632. The van der Waals surface area contributed by atoms with Gasteiger partial charge >= 0.3 is 0 Å². The number of carbonyl (C=O) groups excluding carboxylic acids is 1. The predicted molar refractivity (Wildman–Crippen MR) is 105 cm³/mol. The fourth-order valence-corrected chi connectivity index (χ4v) is 6.36. The van der Waals surface area contributed by atoms with Crippen molar-refractivity contribution in [1.29, 1.82) is 0 Å². The van der Waals surface area contributed by atoms with Gasteiger partial charge in [0.2, 0.25) is 10.0 Å². The Balaban J connectivity index is 1.52. The van der Waals surface area contributed by atoms with Crippen LogP contribution < -0.4 is 4.74 Å². The molecule has 0 saturated carbocycles. The lowest BCUT2D eigenvalue weighted by Gasteiger charge is -2.37. The Morgan fingerprint density at radius 1 is 1.19 bits per heavy atom. The van der Waals surface area contributed by atoms with E-state index in [-0.39, 0.29) is 18.1 Å². The van der Waals surface area contributed by atoms with Crippen molar-refractivity contribution in [3.63, 3.8) is 0 Å². The number of rotatable bonds is 5. The lowest BCUT2D eigenvalue weighted by molar-refractivity contribution is -0.134. The van der Waals surface area contributed by atoms with Crippen LogP contribution in [0.1, 0.15) is 39.5 Å². The largest absolute Gasteiger partial charge is 0.484 e. The monoisotopic (exact) mass is 414 g/mol. The van der Waals surface area contributed by atoms with Gasteiger partial charge in [-0.15, -0.1) is 0 Å². The summed E-state index contributed by atoms with van der Waals surface area (Å²) in [6, 6.07) is 6.84. The molecule has 2 aliphatic heterocycles. The second-order valence-corrected chi connectivity index (χ2v) is 10.4. The molecule has 0 N–H and O–H groups in total. The Labute approximate surface area is 166 Å². The minimum absolute atomic E-state index is 0.0573. The molecule has 0 aromatic heterocycles. The predicted octanol–water partition coefficient (Wildman–Crippen LogP) is 2.91. The summed E-state index contributed by atoms with van der Waals surface area (Å²) in [5.74, 6) is 0.462. The number of ether oxygens (including phenoxy) is 1. The van der Waals surface area contributed by atoms with Gasteiger partial charge in [-0.05, 0) is 63.8 Å². The minimum atomic E-state index is -3.33. The number of hydrogen-bond acceptors (Lipinski definition) is 4. The first-order valence-corrected chi connectivity index (χ1v) is 11.3. The second kappa shape index (κ2) is 7.97. The van der Waals surface area contributed by atoms with E-state index in [4.69, 9.17) is 16.3 Å². The smallest absolute Gasteiger partial charge is 0.260 e. The van der Waals surface area contributed by atoms with Crippen LogP contribution in [0.4, 0.5) is 0 Å². The molecule has 2 aliphatic rings. The number of sulfonamides is 1. The molecule has 2 heterocycles. The van der Waals surface area contributed by atoms with Gasteiger partial charge in [0.1, 0.15) is 5.75 Å². The highest BCUT2D eigenvalue weighted by molar-refractivity contribution is 7.89. The molecule has 6 nitrogen and oxygen atoms in total. The Bertz CT molecular complexity index is 771. The van der Waals surface area contributed by atoms with E-state index in [1.165, 1.54) is 0 Å². The molecule has 0 unspecified atom stereocenters. The molecule has 150 valence electrons. The summed E-state index contributed by atoms with van der Waals surface area (Å²) in [7, 11) is -3.33. The molecule has 3 rings (SSSR count). The summed E-state index contributed by atoms with van der Waals surface area (Å²) in [6.45, 7) is 5.41. The number of likely N-dealkylation sites (tertiary alicyclic amines) is 1. The molecule has 8 heteroatoms. The average Bonchev–Trinajstić information content (AvgIpc) is 3.01. The first-order valence-electron chi connectivity index (χ1n) is 9.38. The Morgan fingerprint density at radius 2 is 1.81 bits per heavy atom. The highest BCUT2D eigenvalue weighted by Gasteiger charge is 2.44. The normalized spacial score (nSPS) is 21.4. The highest BCUT2D eigenvalue weighted by Crippen LogP contribution is 2.34. The van der Waals surface area contributed by atoms with Crippen molar-refractivity contribution in [3.05, 3.63) is 29.3 Å². The van der Waals surface area contributed by atoms with Crippen LogP contribution in [-0.4, -0.2) is 60.6 Å². The van der Waals surface area contributed by atoms with Crippen LogP contribution in [0.5, 0.6) is 5.75 Å². The third-order valence-corrected chi connectivity index (χ3v) is 8.38. The van der Waals surface area contributed by atoms with E-state index in [2.05, 4.69) is 0 Å². The maximum atomic E-state index is 13.0. The molecule has 0 spiro atoms. The maximum Gasteiger partial charge on any atom is 0.260 e. The number of carbonyl (C=O) groups is 1. The Hall–Kier alpha value is -1.31. The summed E-state index contributed by atoms with van der Waals surface area (Å²) in [5.41, 5.74) is -0.307. The minimum Gasteiger partial charge on any atom is -0.484 e. The first kappa shape index (κ1) is 20.4. The Morgan fingerprint density at radius 3 is 2.37 bits per heavy atom. The number of nitrogens with zero attached hydrogens (tertiary/aromatic N) is 2. The van der Waals surface area contributed by atoms with E-state index in [9.17, 15) is 13.2 Å². The SMILES string of the molecule is CC1(C)CCCN1S(=O)(=O)C1CCN(C(=O)COc2ccc(Cl)cc2)CC1. The van der Waals surface area contributed by atoms with Crippen LogP contribution in [0, 0.1) is 0 Å². The van der Waals surface area contributed by atoms with Gasteiger partial charge in [0.25, 0.3) is 5.91 Å². The van der Waals surface area contributed by atoms with Crippen LogP contribution in [-0.2, 0) is 14.8 Å². The summed E-state index contributed by atoms with van der Waals surface area (Å²) >= 11 is 5.83. The standard InChI is InChI=1S/C19H27ClN2O4S/c1-19(2)10-3-11-22(19)27(24,25)17-8-12-21(13-9-17)18(23)14-26-16-6-4-15(20)5-7-16/h4-7,17H,3,8-14H2,1-2H3. The van der Waals surface area contributed by atoms with Crippen molar-refractivity contribution in [2.24, 2.45) is 0 Å². The van der Waals surface area contributed by atoms with Gasteiger partial charge in [-0.25, -0.2) is 8.42 Å². The molecule has 2 saturated heterocycles. The summed E-state index contributed by atoms with van der Waals surface area (Å²) < 4.78 is 33.2. The van der Waals surface area contributed by atoms with Crippen molar-refractivity contribution in [2.75, 3.05) is 26.2 Å². The zero-order valence-corrected chi connectivity index (χ0v) is 17.4. The molecular weight excluding hydrogens is 388 g/mol. The topological polar surface area (TPSA) is 66.9 Å². The average molecular weight is 415 g/mol. The molecule has 0 bridgehead atoms. The van der Waals surface area contributed by atoms with Crippen LogP contribution in [0.25, 0.3) is 0 Å². The molecule has 0 radical (unpaired) electrons. The lowest BCUT2D eigenvalue weighted by atomic mass is 10.0. The molecule has 0 aliphatic carbocycles. The van der Waals surface area contributed by atoms with Crippen LogP contribution in [0.3, 0.4) is 0 Å². The van der Waals surface area contributed by atoms with Crippen molar-refractivity contribution in [1.82, 2.24) is 9.21 Å². The van der Waals surface area contributed by atoms with Gasteiger partial charge in [0, 0.05) is 30.2 Å². The first-order chi connectivity index (χ1) is 12.7. The van der Waals surface area contributed by atoms with Gasteiger partial charge in [0.15, 0.2) is 6.61 Å². The maximum absolute atomic E-state index is 13.0.